The van der Waals surface area contributed by atoms with Crippen LogP contribution in [0.25, 0.3) is 0 Å². The highest BCUT2D eigenvalue weighted by atomic mass is 32.1. The zero-order valence-corrected chi connectivity index (χ0v) is 16.0. The van der Waals surface area contributed by atoms with Crippen molar-refractivity contribution in [2.75, 3.05) is 26.1 Å². The van der Waals surface area contributed by atoms with Gasteiger partial charge in [-0.05, 0) is 86.0 Å². The summed E-state index contributed by atoms with van der Waals surface area (Å²) in [5.74, 6) is 4.41. The van der Waals surface area contributed by atoms with Gasteiger partial charge in [-0.25, -0.2) is 0 Å². The Kier molecular flexibility index (Phi) is 4.52. The van der Waals surface area contributed by atoms with Crippen molar-refractivity contribution in [2.24, 2.45) is 23.2 Å². The Morgan fingerprint density at radius 1 is 1.08 bits per heavy atom. The van der Waals surface area contributed by atoms with Crippen molar-refractivity contribution in [3.05, 3.63) is 18.2 Å². The summed E-state index contributed by atoms with van der Waals surface area (Å²) in [6.07, 6.45) is 8.60. The molecule has 0 saturated heterocycles. The number of thiocarbonyl (C=S) groups is 1. The molecule has 5 heteroatoms. The molecule has 0 aromatic heterocycles. The molecule has 136 valence electrons. The summed E-state index contributed by atoms with van der Waals surface area (Å²) in [7, 11) is 3.31. The van der Waals surface area contributed by atoms with Crippen molar-refractivity contribution < 1.29 is 9.47 Å². The lowest BCUT2D eigenvalue weighted by atomic mass is 9.49. The predicted molar refractivity (Wildman–Crippen MR) is 104 cm³/mol. The lowest BCUT2D eigenvalue weighted by molar-refractivity contribution is -0.0490. The molecule has 0 atom stereocenters. The fraction of sp³-hybridized carbons (Fsp3) is 0.650. The van der Waals surface area contributed by atoms with Gasteiger partial charge in [-0.2, -0.15) is 0 Å². The van der Waals surface area contributed by atoms with E-state index in [1.54, 1.807) is 14.2 Å². The SMILES string of the molecule is COc1ccc(NC(=S)NCC23CC4CC(CC(C4)C2)C3)c(OC)c1. The number of hydrogen-bond donors (Lipinski definition) is 2. The topological polar surface area (TPSA) is 42.5 Å². The number of methoxy groups -OCH3 is 2. The smallest absolute Gasteiger partial charge is 0.170 e. The first-order valence-corrected chi connectivity index (χ1v) is 9.77. The summed E-state index contributed by atoms with van der Waals surface area (Å²) in [6, 6.07) is 5.72. The van der Waals surface area contributed by atoms with E-state index < -0.39 is 0 Å². The minimum Gasteiger partial charge on any atom is -0.497 e. The normalized spacial score (nSPS) is 32.3. The van der Waals surface area contributed by atoms with Gasteiger partial charge >= 0.3 is 0 Å². The molecule has 0 heterocycles. The van der Waals surface area contributed by atoms with Gasteiger partial charge in [0.25, 0.3) is 0 Å². The molecule has 4 aliphatic rings. The van der Waals surface area contributed by atoms with Gasteiger partial charge in [0.05, 0.1) is 19.9 Å². The number of nitrogens with one attached hydrogen (secondary N) is 2. The fourth-order valence-electron chi connectivity index (χ4n) is 5.84. The Bertz CT molecular complexity index is 626. The van der Waals surface area contributed by atoms with Crippen LogP contribution in [0.2, 0.25) is 0 Å². The van der Waals surface area contributed by atoms with Crippen molar-refractivity contribution in [1.29, 1.82) is 0 Å². The van der Waals surface area contributed by atoms with E-state index >= 15 is 0 Å². The molecule has 0 unspecified atom stereocenters. The molecule has 0 spiro atoms. The predicted octanol–water partition coefficient (Wildman–Crippen LogP) is 4.21. The monoisotopic (exact) mass is 360 g/mol. The highest BCUT2D eigenvalue weighted by molar-refractivity contribution is 7.80. The Morgan fingerprint density at radius 3 is 2.28 bits per heavy atom. The zero-order chi connectivity index (χ0) is 17.4. The third-order valence-corrected chi connectivity index (χ3v) is 6.69. The molecule has 5 rings (SSSR count). The van der Waals surface area contributed by atoms with Gasteiger partial charge in [0.2, 0.25) is 0 Å². The van der Waals surface area contributed by atoms with E-state index in [2.05, 4.69) is 10.6 Å². The summed E-state index contributed by atoms with van der Waals surface area (Å²) in [6.45, 7) is 1.00. The maximum absolute atomic E-state index is 5.55. The molecule has 1 aromatic rings. The van der Waals surface area contributed by atoms with E-state index in [0.29, 0.717) is 10.5 Å². The molecular formula is C20H28N2O2S. The molecule has 4 nitrogen and oxygen atoms in total. The third kappa shape index (κ3) is 3.43. The molecule has 4 aliphatic carbocycles. The van der Waals surface area contributed by atoms with Gasteiger partial charge in [0.15, 0.2) is 5.11 Å². The van der Waals surface area contributed by atoms with Gasteiger partial charge < -0.3 is 20.1 Å². The van der Waals surface area contributed by atoms with Crippen LogP contribution in [0.3, 0.4) is 0 Å². The second-order valence-corrected chi connectivity index (χ2v) is 8.70. The number of rotatable bonds is 5. The van der Waals surface area contributed by atoms with Crippen molar-refractivity contribution in [3.8, 4) is 11.5 Å². The molecule has 4 fully saturated rings. The van der Waals surface area contributed by atoms with E-state index in [-0.39, 0.29) is 0 Å². The molecule has 0 radical (unpaired) electrons. The van der Waals surface area contributed by atoms with E-state index in [4.69, 9.17) is 21.7 Å². The Labute approximate surface area is 155 Å². The summed E-state index contributed by atoms with van der Waals surface area (Å²) in [5, 5.41) is 7.47. The van der Waals surface area contributed by atoms with Crippen molar-refractivity contribution >= 4 is 23.0 Å². The number of ether oxygens (including phenoxy) is 2. The standard InChI is InChI=1S/C20H28N2O2S/c1-23-16-3-4-17(18(8-16)24-2)22-19(25)21-12-20-9-13-5-14(10-20)7-15(6-13)11-20/h3-4,8,13-15H,5-7,9-12H2,1-2H3,(H2,21,22,25). The first kappa shape index (κ1) is 17.0. The van der Waals surface area contributed by atoms with Crippen LogP contribution in [-0.4, -0.2) is 25.9 Å². The van der Waals surface area contributed by atoms with Crippen LogP contribution < -0.4 is 20.1 Å². The number of anilines is 1. The average Bonchev–Trinajstić information content (AvgIpc) is 2.59. The largest absolute Gasteiger partial charge is 0.497 e. The molecule has 4 bridgehead atoms. The van der Waals surface area contributed by atoms with Crippen LogP contribution in [0.4, 0.5) is 5.69 Å². The maximum Gasteiger partial charge on any atom is 0.170 e. The molecule has 4 saturated carbocycles. The molecular weight excluding hydrogens is 332 g/mol. The van der Waals surface area contributed by atoms with Crippen molar-refractivity contribution in [2.45, 2.75) is 38.5 Å². The Morgan fingerprint density at radius 2 is 1.72 bits per heavy atom. The number of hydrogen-bond acceptors (Lipinski definition) is 3. The van der Waals surface area contributed by atoms with E-state index in [9.17, 15) is 0 Å². The van der Waals surface area contributed by atoms with Gasteiger partial charge in [0, 0.05) is 12.6 Å². The van der Waals surface area contributed by atoms with E-state index in [0.717, 1.165) is 41.5 Å². The van der Waals surface area contributed by atoms with Crippen molar-refractivity contribution in [3.63, 3.8) is 0 Å². The molecule has 1 aromatic carbocycles. The van der Waals surface area contributed by atoms with Crippen LogP contribution in [0.1, 0.15) is 38.5 Å². The Hall–Kier alpha value is -1.49. The fourth-order valence-corrected chi connectivity index (χ4v) is 6.02. The van der Waals surface area contributed by atoms with E-state index in [1.165, 1.54) is 38.5 Å². The molecule has 2 N–H and O–H groups in total. The lowest BCUT2D eigenvalue weighted by Gasteiger charge is -2.57. The quantitative estimate of drug-likeness (QED) is 0.770. The summed E-state index contributed by atoms with van der Waals surface area (Å²) in [4.78, 5) is 0. The lowest BCUT2D eigenvalue weighted by Crippen LogP contribution is -2.51. The third-order valence-electron chi connectivity index (χ3n) is 6.45. The van der Waals surface area contributed by atoms with Crippen LogP contribution in [-0.2, 0) is 0 Å². The van der Waals surface area contributed by atoms with Crippen molar-refractivity contribution in [1.82, 2.24) is 5.32 Å². The van der Waals surface area contributed by atoms with Gasteiger partial charge in [-0.3, -0.25) is 0 Å². The summed E-state index contributed by atoms with van der Waals surface area (Å²) < 4.78 is 10.7. The second-order valence-electron chi connectivity index (χ2n) is 8.29. The highest BCUT2D eigenvalue weighted by Gasteiger charge is 2.50. The van der Waals surface area contributed by atoms with Gasteiger partial charge in [-0.1, -0.05) is 0 Å². The Balaban J connectivity index is 1.37. The van der Waals surface area contributed by atoms with E-state index in [1.807, 2.05) is 18.2 Å². The van der Waals surface area contributed by atoms with Crippen LogP contribution >= 0.6 is 12.2 Å². The minimum atomic E-state index is 0.477. The molecule has 25 heavy (non-hydrogen) atoms. The van der Waals surface area contributed by atoms with Crippen LogP contribution in [0, 0.1) is 23.2 Å². The zero-order valence-electron chi connectivity index (χ0n) is 15.1. The molecule has 0 amide bonds. The molecule has 0 aliphatic heterocycles. The first-order valence-electron chi connectivity index (χ1n) is 9.36. The highest BCUT2D eigenvalue weighted by Crippen LogP contribution is 2.59. The van der Waals surface area contributed by atoms with Gasteiger partial charge in [-0.15, -0.1) is 0 Å². The van der Waals surface area contributed by atoms with Gasteiger partial charge in [0.1, 0.15) is 11.5 Å². The minimum absolute atomic E-state index is 0.477. The maximum atomic E-state index is 5.55. The second kappa shape index (κ2) is 6.67. The summed E-state index contributed by atoms with van der Waals surface area (Å²) in [5.41, 5.74) is 1.34. The number of benzene rings is 1. The van der Waals surface area contributed by atoms with Crippen LogP contribution in [0.5, 0.6) is 11.5 Å². The first-order chi connectivity index (χ1) is 12.1. The average molecular weight is 361 g/mol. The summed E-state index contributed by atoms with van der Waals surface area (Å²) >= 11 is 5.55. The van der Waals surface area contributed by atoms with Crippen LogP contribution in [0.15, 0.2) is 18.2 Å².